The number of sulfonamides is 1. The number of carbonyl (C=O) groups is 3. The van der Waals surface area contributed by atoms with Crippen LogP contribution in [0.4, 0.5) is 5.69 Å². The van der Waals surface area contributed by atoms with E-state index in [1.807, 2.05) is 0 Å². The minimum Gasteiger partial charge on any atom is -0.465 e. The fourth-order valence-corrected chi connectivity index (χ4v) is 5.08. The predicted octanol–water partition coefficient (Wildman–Crippen LogP) is 2.32. The van der Waals surface area contributed by atoms with Gasteiger partial charge in [-0.2, -0.15) is 4.31 Å². The number of nitrogens with one attached hydrogen (secondary N) is 2. The Bertz CT molecular complexity index is 1190. The molecule has 1 aliphatic heterocycles. The van der Waals surface area contributed by atoms with E-state index in [0.29, 0.717) is 35.6 Å². The van der Waals surface area contributed by atoms with Crippen molar-refractivity contribution >= 4 is 39.6 Å². The molecular weight excluding hydrogens is 462 g/mol. The number of anilines is 1. The maximum Gasteiger partial charge on any atom is 0.341 e. The molecule has 2 aromatic rings. The molecule has 0 spiro atoms. The third-order valence-electron chi connectivity index (χ3n) is 5.35. The van der Waals surface area contributed by atoms with Crippen molar-refractivity contribution in [2.45, 2.75) is 37.6 Å². The van der Waals surface area contributed by atoms with Gasteiger partial charge in [-0.3, -0.25) is 9.59 Å². The summed E-state index contributed by atoms with van der Waals surface area (Å²) in [4.78, 5) is 35.2. The smallest absolute Gasteiger partial charge is 0.341 e. The number of hydrogen-bond donors (Lipinski definition) is 2. The molecule has 1 aliphatic rings. The van der Waals surface area contributed by atoms with Crippen LogP contribution in [0.2, 0.25) is 0 Å². The van der Waals surface area contributed by atoms with Gasteiger partial charge in [0.25, 0.3) is 0 Å². The summed E-state index contributed by atoms with van der Waals surface area (Å²) in [5.74, 6) is -0.359. The molecule has 10 nitrogen and oxygen atoms in total. The van der Waals surface area contributed by atoms with Crippen molar-refractivity contribution in [3.05, 3.63) is 53.5 Å². The van der Waals surface area contributed by atoms with Crippen LogP contribution >= 0.6 is 0 Å². The average Bonchev–Trinajstić information content (AvgIpc) is 3.18. The van der Waals surface area contributed by atoms with Gasteiger partial charge in [-0.05, 0) is 56.2 Å². The quantitative estimate of drug-likeness (QED) is 0.450. The molecule has 1 fully saturated rings. The first-order valence-corrected chi connectivity index (χ1v) is 12.1. The SMILES string of the molecule is COC(=O)c1cc(/C=C/C(=O)NC2CCN(S(=O)(=O)c3ccc(NC(C)=O)cc3)CC2)oc1C. The Morgan fingerprint density at radius 3 is 2.38 bits per heavy atom. The van der Waals surface area contributed by atoms with Crippen molar-refractivity contribution < 1.29 is 32.0 Å². The Morgan fingerprint density at radius 1 is 1.15 bits per heavy atom. The van der Waals surface area contributed by atoms with E-state index >= 15 is 0 Å². The van der Waals surface area contributed by atoms with Crippen LogP contribution in [0.3, 0.4) is 0 Å². The summed E-state index contributed by atoms with van der Waals surface area (Å²) >= 11 is 0. The monoisotopic (exact) mass is 489 g/mol. The molecule has 1 saturated heterocycles. The lowest BCUT2D eigenvalue weighted by atomic mass is 10.1. The number of methoxy groups -OCH3 is 1. The molecule has 2 N–H and O–H groups in total. The number of hydrogen-bond acceptors (Lipinski definition) is 7. The van der Waals surface area contributed by atoms with Gasteiger partial charge in [-0.15, -0.1) is 0 Å². The second kappa shape index (κ2) is 10.7. The largest absolute Gasteiger partial charge is 0.465 e. The summed E-state index contributed by atoms with van der Waals surface area (Å²) in [5.41, 5.74) is 0.813. The van der Waals surface area contributed by atoms with Crippen LogP contribution in [0.5, 0.6) is 0 Å². The van der Waals surface area contributed by atoms with Crippen molar-refractivity contribution in [1.82, 2.24) is 9.62 Å². The van der Waals surface area contributed by atoms with E-state index in [0.717, 1.165) is 0 Å². The number of amides is 2. The van der Waals surface area contributed by atoms with Crippen LogP contribution in [-0.2, 0) is 24.3 Å². The van der Waals surface area contributed by atoms with E-state index in [9.17, 15) is 22.8 Å². The summed E-state index contributed by atoms with van der Waals surface area (Å²) in [6.07, 6.45) is 3.70. The minimum absolute atomic E-state index is 0.145. The summed E-state index contributed by atoms with van der Waals surface area (Å²) in [6.45, 7) is 3.54. The summed E-state index contributed by atoms with van der Waals surface area (Å²) in [6, 6.07) is 7.33. The second-order valence-electron chi connectivity index (χ2n) is 7.84. The van der Waals surface area contributed by atoms with Gasteiger partial charge in [0.1, 0.15) is 17.1 Å². The van der Waals surface area contributed by atoms with Crippen LogP contribution in [0, 0.1) is 6.92 Å². The molecule has 2 amide bonds. The summed E-state index contributed by atoms with van der Waals surface area (Å²) in [7, 11) is -2.40. The van der Waals surface area contributed by atoms with Crippen molar-refractivity contribution in [3.8, 4) is 0 Å². The number of furan rings is 1. The Kier molecular flexibility index (Phi) is 7.90. The number of aryl methyl sites for hydroxylation is 1. The fourth-order valence-electron chi connectivity index (χ4n) is 3.61. The Labute approximate surface area is 198 Å². The third kappa shape index (κ3) is 6.12. The lowest BCUT2D eigenvalue weighted by molar-refractivity contribution is -0.117. The summed E-state index contributed by atoms with van der Waals surface area (Å²) < 4.78 is 37.3. The van der Waals surface area contributed by atoms with Crippen LogP contribution in [0.25, 0.3) is 6.08 Å². The highest BCUT2D eigenvalue weighted by molar-refractivity contribution is 7.89. The van der Waals surface area contributed by atoms with Crippen LogP contribution in [-0.4, -0.2) is 56.7 Å². The van der Waals surface area contributed by atoms with E-state index in [2.05, 4.69) is 15.4 Å². The van der Waals surface area contributed by atoms with Crippen molar-refractivity contribution in [3.63, 3.8) is 0 Å². The van der Waals surface area contributed by atoms with E-state index < -0.39 is 16.0 Å². The number of benzene rings is 1. The van der Waals surface area contributed by atoms with E-state index in [4.69, 9.17) is 4.42 Å². The lowest BCUT2D eigenvalue weighted by Gasteiger charge is -2.31. The number of carbonyl (C=O) groups excluding carboxylic acids is 3. The Morgan fingerprint density at radius 2 is 1.79 bits per heavy atom. The normalized spacial score (nSPS) is 15.3. The molecule has 0 radical (unpaired) electrons. The molecule has 11 heteroatoms. The highest BCUT2D eigenvalue weighted by Crippen LogP contribution is 2.22. The van der Waals surface area contributed by atoms with E-state index in [1.165, 1.54) is 48.7 Å². The second-order valence-corrected chi connectivity index (χ2v) is 9.77. The zero-order chi connectivity index (χ0) is 24.9. The molecule has 0 bridgehead atoms. The van der Waals surface area contributed by atoms with Crippen LogP contribution in [0.15, 0.2) is 45.7 Å². The molecule has 34 heavy (non-hydrogen) atoms. The first-order chi connectivity index (χ1) is 16.1. The van der Waals surface area contributed by atoms with Crippen molar-refractivity contribution in [1.29, 1.82) is 0 Å². The fraction of sp³-hybridized carbons (Fsp3) is 0.348. The van der Waals surface area contributed by atoms with Gasteiger partial charge in [0.05, 0.1) is 12.0 Å². The lowest BCUT2D eigenvalue weighted by Crippen LogP contribution is -2.46. The minimum atomic E-state index is -3.67. The zero-order valence-electron chi connectivity index (χ0n) is 19.2. The number of piperidine rings is 1. The molecule has 0 saturated carbocycles. The molecule has 0 unspecified atom stereocenters. The maximum atomic E-state index is 12.9. The Hall–Kier alpha value is -3.44. The van der Waals surface area contributed by atoms with Gasteiger partial charge in [-0.25, -0.2) is 13.2 Å². The molecule has 0 atom stereocenters. The van der Waals surface area contributed by atoms with Crippen LogP contribution in [0.1, 0.15) is 41.6 Å². The average molecular weight is 490 g/mol. The molecule has 3 rings (SSSR count). The first kappa shape index (κ1) is 25.2. The van der Waals surface area contributed by atoms with Gasteiger partial charge in [0, 0.05) is 37.8 Å². The predicted molar refractivity (Wildman–Crippen MR) is 124 cm³/mol. The van der Waals surface area contributed by atoms with Gasteiger partial charge < -0.3 is 19.8 Å². The molecule has 1 aromatic heterocycles. The number of esters is 1. The molecule has 2 heterocycles. The maximum absolute atomic E-state index is 12.9. The molecule has 0 aliphatic carbocycles. The van der Waals surface area contributed by atoms with Crippen molar-refractivity contribution in [2.75, 3.05) is 25.5 Å². The first-order valence-electron chi connectivity index (χ1n) is 10.7. The van der Waals surface area contributed by atoms with E-state index in [-0.39, 0.29) is 35.8 Å². The molecular formula is C23H27N3O7S. The standard InChI is InChI=1S/C23H27N3O7S/c1-15-21(23(29)32-3)14-19(33-15)6-9-22(28)25-18-10-12-26(13-11-18)34(30,31)20-7-4-17(5-8-20)24-16(2)27/h4-9,14,18H,10-13H2,1-3H3,(H,24,27)(H,25,28)/b9-6+. The van der Waals surface area contributed by atoms with E-state index in [1.54, 1.807) is 19.1 Å². The Balaban J connectivity index is 1.53. The number of nitrogens with zero attached hydrogens (tertiary/aromatic N) is 1. The van der Waals surface area contributed by atoms with Gasteiger partial charge in [-0.1, -0.05) is 0 Å². The summed E-state index contributed by atoms with van der Waals surface area (Å²) in [5, 5.41) is 5.46. The topological polar surface area (TPSA) is 135 Å². The highest BCUT2D eigenvalue weighted by atomic mass is 32.2. The van der Waals surface area contributed by atoms with Crippen molar-refractivity contribution in [2.24, 2.45) is 0 Å². The third-order valence-corrected chi connectivity index (χ3v) is 7.27. The highest BCUT2D eigenvalue weighted by Gasteiger charge is 2.29. The molecule has 182 valence electrons. The molecule has 1 aromatic carbocycles. The van der Waals surface area contributed by atoms with Gasteiger partial charge in [0.15, 0.2) is 0 Å². The van der Waals surface area contributed by atoms with Gasteiger partial charge >= 0.3 is 5.97 Å². The van der Waals surface area contributed by atoms with Gasteiger partial charge in [0.2, 0.25) is 21.8 Å². The van der Waals surface area contributed by atoms with Crippen LogP contribution < -0.4 is 10.6 Å². The zero-order valence-corrected chi connectivity index (χ0v) is 20.0. The number of ether oxygens (including phenoxy) is 1. The number of rotatable bonds is 7.